The number of nitro benzene ring substituents is 1. The molecule has 8 nitrogen and oxygen atoms in total. The van der Waals surface area contributed by atoms with Gasteiger partial charge in [0, 0.05) is 17.7 Å². The number of fused-ring (bicyclic) bond motifs is 1. The van der Waals surface area contributed by atoms with E-state index >= 15 is 0 Å². The molecule has 0 fully saturated rings. The van der Waals surface area contributed by atoms with Gasteiger partial charge in [0.25, 0.3) is 11.6 Å². The van der Waals surface area contributed by atoms with Crippen molar-refractivity contribution in [3.05, 3.63) is 68.5 Å². The molecule has 0 saturated heterocycles. The van der Waals surface area contributed by atoms with Gasteiger partial charge in [-0.05, 0) is 25.1 Å². The molecule has 27 heavy (non-hydrogen) atoms. The molecule has 0 unspecified atom stereocenters. The molecule has 0 saturated carbocycles. The number of hydrogen-bond donors (Lipinski definition) is 0. The van der Waals surface area contributed by atoms with Crippen LogP contribution in [0.4, 0.5) is 5.69 Å². The fraction of sp³-hybridized carbons (Fsp3) is 0.167. The molecular formula is C18H15N3O5S. The molecule has 138 valence electrons. The third-order valence-corrected chi connectivity index (χ3v) is 4.95. The summed E-state index contributed by atoms with van der Waals surface area (Å²) in [5, 5.41) is 11.1. The van der Waals surface area contributed by atoms with Crippen LogP contribution in [0.3, 0.4) is 0 Å². The smallest absolute Gasteiger partial charge is 0.325 e. The minimum absolute atomic E-state index is 0.115. The highest BCUT2D eigenvalue weighted by Crippen LogP contribution is 2.23. The van der Waals surface area contributed by atoms with Crippen molar-refractivity contribution in [2.24, 2.45) is 4.99 Å². The summed E-state index contributed by atoms with van der Waals surface area (Å²) in [4.78, 5) is 39.2. The lowest BCUT2D eigenvalue weighted by molar-refractivity contribution is -0.384. The average Bonchev–Trinajstić information content (AvgIpc) is 2.98. The van der Waals surface area contributed by atoms with E-state index in [0.29, 0.717) is 15.8 Å². The standard InChI is InChI=1S/C18H15N3O5S/c1-11-3-5-12(6-4-11)17(23)19-18-20(10-16(22)26-2)14-9-13(21(24)25)7-8-15(14)27-18/h3-9H,10H2,1-2H3. The van der Waals surface area contributed by atoms with Gasteiger partial charge in [0.1, 0.15) is 6.54 Å². The van der Waals surface area contributed by atoms with Crippen LogP contribution in [0, 0.1) is 17.0 Å². The minimum atomic E-state index is -0.551. The number of aromatic nitrogens is 1. The van der Waals surface area contributed by atoms with Gasteiger partial charge in [-0.3, -0.25) is 19.7 Å². The fourth-order valence-corrected chi connectivity index (χ4v) is 3.46. The van der Waals surface area contributed by atoms with E-state index in [1.807, 2.05) is 6.92 Å². The molecule has 0 atom stereocenters. The molecule has 3 rings (SSSR count). The van der Waals surface area contributed by atoms with Crippen LogP contribution in [0.2, 0.25) is 0 Å². The third-order valence-electron chi connectivity index (χ3n) is 3.89. The molecule has 0 aliphatic heterocycles. The molecule has 2 aromatic carbocycles. The number of ether oxygens (including phenoxy) is 1. The molecular weight excluding hydrogens is 370 g/mol. The lowest BCUT2D eigenvalue weighted by Crippen LogP contribution is -2.22. The highest BCUT2D eigenvalue weighted by Gasteiger charge is 2.15. The molecule has 0 aliphatic carbocycles. The topological polar surface area (TPSA) is 104 Å². The predicted molar refractivity (Wildman–Crippen MR) is 99.6 cm³/mol. The van der Waals surface area contributed by atoms with Gasteiger partial charge in [0.15, 0.2) is 4.80 Å². The molecule has 0 N–H and O–H groups in total. The quantitative estimate of drug-likeness (QED) is 0.390. The Bertz CT molecular complexity index is 1110. The summed E-state index contributed by atoms with van der Waals surface area (Å²) in [6.07, 6.45) is 0. The molecule has 3 aromatic rings. The van der Waals surface area contributed by atoms with Crippen molar-refractivity contribution < 1.29 is 19.2 Å². The van der Waals surface area contributed by atoms with E-state index in [4.69, 9.17) is 4.74 Å². The van der Waals surface area contributed by atoms with Crippen molar-refractivity contribution in [3.8, 4) is 0 Å². The van der Waals surface area contributed by atoms with Crippen molar-refractivity contribution >= 4 is 39.1 Å². The number of nitrogens with zero attached hydrogens (tertiary/aromatic N) is 3. The Morgan fingerprint density at radius 2 is 1.93 bits per heavy atom. The zero-order valence-corrected chi connectivity index (χ0v) is 15.4. The summed E-state index contributed by atoms with van der Waals surface area (Å²) in [5.74, 6) is -1.01. The van der Waals surface area contributed by atoms with E-state index in [-0.39, 0.29) is 17.0 Å². The first kappa shape index (κ1) is 18.5. The Kier molecular flexibility index (Phi) is 5.13. The van der Waals surface area contributed by atoms with E-state index in [1.54, 1.807) is 30.3 Å². The van der Waals surface area contributed by atoms with Crippen molar-refractivity contribution in [2.45, 2.75) is 13.5 Å². The maximum atomic E-state index is 12.5. The highest BCUT2D eigenvalue weighted by molar-refractivity contribution is 7.16. The van der Waals surface area contributed by atoms with Gasteiger partial charge in [-0.1, -0.05) is 29.0 Å². The number of hydrogen-bond acceptors (Lipinski definition) is 6. The predicted octanol–water partition coefficient (Wildman–Crippen LogP) is 2.83. The first-order chi connectivity index (χ1) is 12.9. The number of thiazole rings is 1. The maximum Gasteiger partial charge on any atom is 0.325 e. The second-order valence-corrected chi connectivity index (χ2v) is 6.75. The lowest BCUT2D eigenvalue weighted by Gasteiger charge is -2.03. The number of benzene rings is 2. The Labute approximate surface area is 157 Å². The lowest BCUT2D eigenvalue weighted by atomic mass is 10.1. The maximum absolute atomic E-state index is 12.5. The van der Waals surface area contributed by atoms with E-state index in [0.717, 1.165) is 5.56 Å². The Hall–Kier alpha value is -3.33. The van der Waals surface area contributed by atoms with Crippen LogP contribution in [0.1, 0.15) is 15.9 Å². The Balaban J connectivity index is 2.16. The number of carbonyl (C=O) groups is 2. The van der Waals surface area contributed by atoms with Crippen LogP contribution < -0.4 is 4.80 Å². The number of methoxy groups -OCH3 is 1. The second-order valence-electron chi connectivity index (χ2n) is 5.74. The summed E-state index contributed by atoms with van der Waals surface area (Å²) in [6.45, 7) is 1.70. The summed E-state index contributed by atoms with van der Waals surface area (Å²) in [7, 11) is 1.24. The SMILES string of the molecule is COC(=O)Cn1c(=NC(=O)c2ccc(C)cc2)sc2ccc([N+](=O)[O-])cc21. The molecule has 1 amide bonds. The number of aryl methyl sites for hydroxylation is 1. The summed E-state index contributed by atoms with van der Waals surface area (Å²) in [5.41, 5.74) is 1.75. The van der Waals surface area contributed by atoms with Crippen LogP contribution in [0.15, 0.2) is 47.5 Å². The number of esters is 1. The van der Waals surface area contributed by atoms with Gasteiger partial charge >= 0.3 is 5.97 Å². The van der Waals surface area contributed by atoms with Crippen molar-refractivity contribution in [2.75, 3.05) is 7.11 Å². The van der Waals surface area contributed by atoms with Gasteiger partial charge in [0.05, 0.1) is 22.2 Å². The van der Waals surface area contributed by atoms with Crippen LogP contribution in [0.5, 0.6) is 0 Å². The van der Waals surface area contributed by atoms with Crippen molar-refractivity contribution in [1.29, 1.82) is 0 Å². The van der Waals surface area contributed by atoms with E-state index in [1.165, 1.54) is 35.1 Å². The van der Waals surface area contributed by atoms with Crippen LogP contribution in [-0.2, 0) is 16.1 Å². The molecule has 1 heterocycles. The van der Waals surface area contributed by atoms with Gasteiger partial charge < -0.3 is 9.30 Å². The zero-order chi connectivity index (χ0) is 19.6. The van der Waals surface area contributed by atoms with Gasteiger partial charge in [0.2, 0.25) is 0 Å². The average molecular weight is 385 g/mol. The Morgan fingerprint density at radius 3 is 2.56 bits per heavy atom. The monoisotopic (exact) mass is 385 g/mol. The first-order valence-corrected chi connectivity index (χ1v) is 8.71. The molecule has 0 spiro atoms. The second kappa shape index (κ2) is 7.50. The largest absolute Gasteiger partial charge is 0.468 e. The molecule has 0 bridgehead atoms. The highest BCUT2D eigenvalue weighted by atomic mass is 32.1. The van der Waals surface area contributed by atoms with E-state index in [9.17, 15) is 19.7 Å². The van der Waals surface area contributed by atoms with Crippen molar-refractivity contribution in [3.63, 3.8) is 0 Å². The summed E-state index contributed by atoms with van der Waals surface area (Å²) in [6, 6.07) is 11.2. The van der Waals surface area contributed by atoms with Gasteiger partial charge in [-0.2, -0.15) is 4.99 Å². The molecule has 1 aromatic heterocycles. The van der Waals surface area contributed by atoms with Gasteiger partial charge in [-0.15, -0.1) is 0 Å². The zero-order valence-electron chi connectivity index (χ0n) is 14.5. The Morgan fingerprint density at radius 1 is 1.22 bits per heavy atom. The van der Waals surface area contributed by atoms with E-state index in [2.05, 4.69) is 4.99 Å². The molecule has 9 heteroatoms. The fourth-order valence-electron chi connectivity index (χ4n) is 2.45. The van der Waals surface area contributed by atoms with Crippen LogP contribution in [-0.4, -0.2) is 28.5 Å². The van der Waals surface area contributed by atoms with Crippen LogP contribution in [0.25, 0.3) is 10.2 Å². The molecule has 0 aliphatic rings. The summed E-state index contributed by atoms with van der Waals surface area (Å²) < 4.78 is 6.81. The van der Waals surface area contributed by atoms with E-state index < -0.39 is 16.8 Å². The summed E-state index contributed by atoms with van der Waals surface area (Å²) >= 11 is 1.17. The molecule has 0 radical (unpaired) electrons. The minimum Gasteiger partial charge on any atom is -0.468 e. The van der Waals surface area contributed by atoms with Crippen LogP contribution >= 0.6 is 11.3 Å². The number of rotatable bonds is 4. The number of nitro groups is 1. The number of non-ortho nitro benzene ring substituents is 1. The first-order valence-electron chi connectivity index (χ1n) is 7.89. The number of carbonyl (C=O) groups excluding carboxylic acids is 2. The van der Waals surface area contributed by atoms with Gasteiger partial charge in [-0.25, -0.2) is 0 Å². The van der Waals surface area contributed by atoms with Crippen molar-refractivity contribution in [1.82, 2.24) is 4.57 Å². The number of amides is 1. The third kappa shape index (κ3) is 3.93. The normalized spacial score (nSPS) is 11.6.